The molecule has 4 N–H and O–H groups in total. The second kappa shape index (κ2) is 9.02. The third-order valence-electron chi connectivity index (χ3n) is 2.97. The van der Waals surface area contributed by atoms with E-state index < -0.39 is 0 Å². The maximum Gasteiger partial charge on any atom is 0.239 e. The van der Waals surface area contributed by atoms with Crippen LogP contribution < -0.4 is 16.4 Å². The van der Waals surface area contributed by atoms with Gasteiger partial charge in [-0.2, -0.15) is 0 Å². The van der Waals surface area contributed by atoms with Crippen LogP contribution >= 0.6 is 28.3 Å². The third kappa shape index (κ3) is 6.93. The number of amides is 2. The fourth-order valence-corrected chi connectivity index (χ4v) is 2.04. The lowest BCUT2D eigenvalue weighted by atomic mass is 9.84. The van der Waals surface area contributed by atoms with Crippen molar-refractivity contribution < 1.29 is 9.59 Å². The Balaban J connectivity index is 0.00000400. The van der Waals surface area contributed by atoms with Crippen LogP contribution in [0, 0.1) is 0 Å². The minimum Gasteiger partial charge on any atom is -0.354 e. The molecule has 2 amide bonds. The molecule has 0 unspecified atom stereocenters. The summed E-state index contributed by atoms with van der Waals surface area (Å²) in [5, 5.41) is 5.24. The zero-order chi connectivity index (χ0) is 15.2. The third-order valence-corrected chi connectivity index (χ3v) is 3.46. The maximum atomic E-state index is 11.6. The lowest BCUT2D eigenvalue weighted by Gasteiger charge is -2.26. The number of carbonyl (C=O) groups excluding carboxylic acids is 2. The number of hydrogen-bond acceptors (Lipinski definition) is 3. The molecule has 0 bridgehead atoms. The average molecular weight is 379 g/mol. The molecule has 0 fully saturated rings. The Morgan fingerprint density at radius 3 is 2.48 bits per heavy atom. The van der Waals surface area contributed by atoms with Crippen LogP contribution in [-0.2, 0) is 15.0 Å². The Labute approximate surface area is 139 Å². The van der Waals surface area contributed by atoms with Gasteiger partial charge in [-0.05, 0) is 17.7 Å². The molecule has 0 aliphatic carbocycles. The lowest BCUT2D eigenvalue weighted by Crippen LogP contribution is -2.43. The fourth-order valence-electron chi connectivity index (χ4n) is 1.64. The molecular weight excluding hydrogens is 358 g/mol. The van der Waals surface area contributed by atoms with Gasteiger partial charge in [0.2, 0.25) is 11.8 Å². The smallest absolute Gasteiger partial charge is 0.239 e. The van der Waals surface area contributed by atoms with Crippen LogP contribution in [0.1, 0.15) is 19.4 Å². The predicted molar refractivity (Wildman–Crippen MR) is 89.5 cm³/mol. The average Bonchev–Trinajstić information content (AvgIpc) is 2.42. The molecule has 0 spiro atoms. The van der Waals surface area contributed by atoms with Gasteiger partial charge in [-0.15, -0.1) is 12.4 Å². The lowest BCUT2D eigenvalue weighted by molar-refractivity contribution is -0.125. The summed E-state index contributed by atoms with van der Waals surface area (Å²) in [6, 6.07) is 7.97. The zero-order valence-electron chi connectivity index (χ0n) is 12.1. The van der Waals surface area contributed by atoms with Crippen LogP contribution in [0.5, 0.6) is 0 Å². The van der Waals surface area contributed by atoms with Crippen molar-refractivity contribution in [3.63, 3.8) is 0 Å². The van der Waals surface area contributed by atoms with E-state index in [9.17, 15) is 9.59 Å². The first-order valence-corrected chi connectivity index (χ1v) is 7.14. The SMILES string of the molecule is CC(C)(CNC(=O)CNC(=O)CN)c1cccc(Br)c1.Cl. The Morgan fingerprint density at radius 2 is 1.90 bits per heavy atom. The van der Waals surface area contributed by atoms with Gasteiger partial charge < -0.3 is 16.4 Å². The molecule has 1 aromatic rings. The molecule has 0 saturated heterocycles. The molecule has 0 aromatic heterocycles. The maximum absolute atomic E-state index is 11.6. The van der Waals surface area contributed by atoms with Crippen molar-refractivity contribution in [2.75, 3.05) is 19.6 Å². The predicted octanol–water partition coefficient (Wildman–Crippen LogP) is 1.34. The van der Waals surface area contributed by atoms with Gasteiger partial charge in [0, 0.05) is 16.4 Å². The van der Waals surface area contributed by atoms with Gasteiger partial charge in [0.25, 0.3) is 0 Å². The molecule has 1 rings (SSSR count). The molecule has 7 heteroatoms. The fraction of sp³-hybridized carbons (Fsp3) is 0.429. The quantitative estimate of drug-likeness (QED) is 0.698. The van der Waals surface area contributed by atoms with E-state index in [1.165, 1.54) is 0 Å². The Kier molecular flexibility index (Phi) is 8.54. The number of carbonyl (C=O) groups is 2. The molecule has 5 nitrogen and oxygen atoms in total. The van der Waals surface area contributed by atoms with Crippen LogP contribution in [-0.4, -0.2) is 31.4 Å². The van der Waals surface area contributed by atoms with Crippen molar-refractivity contribution in [3.05, 3.63) is 34.3 Å². The normalized spacial score (nSPS) is 10.5. The van der Waals surface area contributed by atoms with Crippen molar-refractivity contribution in [2.24, 2.45) is 5.73 Å². The minimum absolute atomic E-state index is 0. The molecule has 0 saturated carbocycles. The molecule has 0 aliphatic rings. The van der Waals surface area contributed by atoms with Crippen molar-refractivity contribution in [3.8, 4) is 0 Å². The number of benzene rings is 1. The molecule has 0 atom stereocenters. The summed E-state index contributed by atoms with van der Waals surface area (Å²) in [5.74, 6) is -0.568. The van der Waals surface area contributed by atoms with E-state index in [4.69, 9.17) is 5.73 Å². The van der Waals surface area contributed by atoms with E-state index in [1.807, 2.05) is 38.1 Å². The Hall–Kier alpha value is -1.11. The van der Waals surface area contributed by atoms with Gasteiger partial charge in [0.05, 0.1) is 13.1 Å². The highest BCUT2D eigenvalue weighted by molar-refractivity contribution is 9.10. The Morgan fingerprint density at radius 1 is 1.24 bits per heavy atom. The van der Waals surface area contributed by atoms with E-state index in [1.54, 1.807) is 0 Å². The monoisotopic (exact) mass is 377 g/mol. The van der Waals surface area contributed by atoms with Crippen molar-refractivity contribution in [2.45, 2.75) is 19.3 Å². The number of hydrogen-bond donors (Lipinski definition) is 3. The highest BCUT2D eigenvalue weighted by Crippen LogP contribution is 2.24. The number of nitrogens with one attached hydrogen (secondary N) is 2. The van der Waals surface area contributed by atoms with Gasteiger partial charge in [0.15, 0.2) is 0 Å². The van der Waals surface area contributed by atoms with Crippen LogP contribution in [0.3, 0.4) is 0 Å². The van der Waals surface area contributed by atoms with Crippen LogP contribution in [0.15, 0.2) is 28.7 Å². The molecule has 0 radical (unpaired) electrons. The summed E-state index contributed by atoms with van der Waals surface area (Å²) in [7, 11) is 0. The molecule has 0 heterocycles. The first kappa shape index (κ1) is 19.9. The standard InChI is InChI=1S/C14H20BrN3O2.ClH/c1-14(2,10-4-3-5-11(15)6-10)9-18-13(20)8-17-12(19)7-16;/h3-6H,7-9,16H2,1-2H3,(H,17,19)(H,18,20);1H. The van der Waals surface area contributed by atoms with E-state index in [-0.39, 0.29) is 42.7 Å². The molecule has 1 aromatic carbocycles. The molecular formula is C14H21BrClN3O2. The summed E-state index contributed by atoms with van der Waals surface area (Å²) >= 11 is 3.44. The minimum atomic E-state index is -0.341. The first-order valence-electron chi connectivity index (χ1n) is 6.34. The summed E-state index contributed by atoms with van der Waals surface area (Å²) in [6.45, 7) is 4.42. The van der Waals surface area contributed by atoms with Gasteiger partial charge in [0.1, 0.15) is 0 Å². The van der Waals surface area contributed by atoms with Gasteiger partial charge in [-0.25, -0.2) is 0 Å². The summed E-state index contributed by atoms with van der Waals surface area (Å²) in [4.78, 5) is 22.6. The van der Waals surface area contributed by atoms with E-state index in [0.717, 1.165) is 10.0 Å². The highest BCUT2D eigenvalue weighted by atomic mass is 79.9. The largest absolute Gasteiger partial charge is 0.354 e. The second-order valence-electron chi connectivity index (χ2n) is 5.15. The van der Waals surface area contributed by atoms with E-state index in [0.29, 0.717) is 6.54 Å². The van der Waals surface area contributed by atoms with Crippen LogP contribution in [0.2, 0.25) is 0 Å². The molecule has 118 valence electrons. The van der Waals surface area contributed by atoms with Crippen molar-refractivity contribution in [1.29, 1.82) is 0 Å². The summed E-state index contributed by atoms with van der Waals surface area (Å²) in [5.41, 5.74) is 6.07. The van der Waals surface area contributed by atoms with E-state index in [2.05, 4.69) is 26.6 Å². The molecule has 21 heavy (non-hydrogen) atoms. The van der Waals surface area contributed by atoms with Crippen LogP contribution in [0.25, 0.3) is 0 Å². The summed E-state index contributed by atoms with van der Waals surface area (Å²) < 4.78 is 1.00. The summed E-state index contributed by atoms with van der Waals surface area (Å²) in [6.07, 6.45) is 0. The Bertz CT molecular complexity index is 495. The van der Waals surface area contributed by atoms with Gasteiger partial charge in [-0.3, -0.25) is 9.59 Å². The van der Waals surface area contributed by atoms with Crippen molar-refractivity contribution in [1.82, 2.24) is 10.6 Å². The second-order valence-corrected chi connectivity index (χ2v) is 6.07. The van der Waals surface area contributed by atoms with E-state index >= 15 is 0 Å². The number of nitrogens with two attached hydrogens (primary N) is 1. The highest BCUT2D eigenvalue weighted by Gasteiger charge is 2.21. The molecule has 0 aliphatic heterocycles. The number of halogens is 2. The van der Waals surface area contributed by atoms with Crippen molar-refractivity contribution >= 4 is 40.2 Å². The first-order chi connectivity index (χ1) is 9.35. The van der Waals surface area contributed by atoms with Crippen LogP contribution in [0.4, 0.5) is 0 Å². The van der Waals surface area contributed by atoms with Gasteiger partial charge >= 0.3 is 0 Å². The van der Waals surface area contributed by atoms with Gasteiger partial charge in [-0.1, -0.05) is 41.9 Å². The topological polar surface area (TPSA) is 84.2 Å². The zero-order valence-corrected chi connectivity index (χ0v) is 14.5. The number of rotatable bonds is 6.